The number of fused-ring (bicyclic) bond motifs is 1. The van der Waals surface area contributed by atoms with Crippen LogP contribution in [0.3, 0.4) is 0 Å². The average molecular weight is 481 g/mol. The molecule has 1 aromatic heterocycles. The third-order valence-electron chi connectivity index (χ3n) is 5.10. The first-order valence-corrected chi connectivity index (χ1v) is 11.3. The van der Waals surface area contributed by atoms with E-state index >= 15 is 0 Å². The molecule has 2 amide bonds. The maximum absolute atomic E-state index is 13.4. The highest BCUT2D eigenvalue weighted by molar-refractivity contribution is 6.31. The molecule has 0 saturated carbocycles. The van der Waals surface area contributed by atoms with Gasteiger partial charge >= 0.3 is 6.03 Å². The van der Waals surface area contributed by atoms with Crippen molar-refractivity contribution in [2.24, 2.45) is 0 Å². The maximum atomic E-state index is 13.4. The van der Waals surface area contributed by atoms with E-state index in [9.17, 15) is 9.59 Å². The number of hydrogen-bond acceptors (Lipinski definition) is 3. The molecule has 6 nitrogen and oxygen atoms in total. The number of anilines is 2. The Kier molecular flexibility index (Phi) is 6.96. The molecule has 4 aromatic rings. The van der Waals surface area contributed by atoms with Gasteiger partial charge in [0.2, 0.25) is 0 Å². The Balaban J connectivity index is 1.65. The van der Waals surface area contributed by atoms with Crippen LogP contribution in [0.25, 0.3) is 10.9 Å². The van der Waals surface area contributed by atoms with E-state index < -0.39 is 6.03 Å². The average Bonchev–Trinajstić information content (AvgIpc) is 2.78. The lowest BCUT2D eigenvalue weighted by molar-refractivity contribution is 0.262. The number of amides is 2. The minimum Gasteiger partial charge on any atom is -0.308 e. The topological polar surface area (TPSA) is 76.0 Å². The van der Waals surface area contributed by atoms with Gasteiger partial charge in [-0.25, -0.2) is 9.78 Å². The number of carbonyl (C=O) groups is 1. The molecule has 0 aliphatic rings. The number of aromatic nitrogens is 2. The van der Waals surface area contributed by atoms with Gasteiger partial charge in [-0.15, -0.1) is 0 Å². The summed E-state index contributed by atoms with van der Waals surface area (Å²) in [7, 11) is 0. The molecule has 0 unspecified atom stereocenters. The molecule has 0 atom stereocenters. The van der Waals surface area contributed by atoms with E-state index in [0.29, 0.717) is 45.3 Å². The molecule has 0 saturated heterocycles. The van der Waals surface area contributed by atoms with E-state index in [1.807, 2.05) is 12.1 Å². The Morgan fingerprint density at radius 2 is 1.67 bits per heavy atom. The van der Waals surface area contributed by atoms with Gasteiger partial charge in [0.1, 0.15) is 5.82 Å². The van der Waals surface area contributed by atoms with Gasteiger partial charge in [0.15, 0.2) is 0 Å². The van der Waals surface area contributed by atoms with E-state index in [1.54, 1.807) is 59.2 Å². The highest BCUT2D eigenvalue weighted by Crippen LogP contribution is 2.19. The van der Waals surface area contributed by atoms with E-state index in [2.05, 4.69) is 17.6 Å². The van der Waals surface area contributed by atoms with Crippen LogP contribution in [0.5, 0.6) is 0 Å². The summed E-state index contributed by atoms with van der Waals surface area (Å²) < 4.78 is 1.69. The number of benzene rings is 3. The van der Waals surface area contributed by atoms with Crippen molar-refractivity contribution in [1.29, 1.82) is 0 Å². The van der Waals surface area contributed by atoms with Crippen molar-refractivity contribution in [2.75, 3.05) is 10.6 Å². The smallest absolute Gasteiger partial charge is 0.308 e. The molecule has 0 fully saturated rings. The van der Waals surface area contributed by atoms with Crippen LogP contribution in [0.4, 0.5) is 16.2 Å². The summed E-state index contributed by atoms with van der Waals surface area (Å²) in [5.41, 5.74) is 2.45. The van der Waals surface area contributed by atoms with Crippen LogP contribution in [0.2, 0.25) is 10.0 Å². The molecule has 1 heterocycles. The number of urea groups is 1. The summed E-state index contributed by atoms with van der Waals surface area (Å²) >= 11 is 12.0. The van der Waals surface area contributed by atoms with E-state index in [4.69, 9.17) is 28.2 Å². The van der Waals surface area contributed by atoms with Crippen LogP contribution < -0.4 is 16.2 Å². The zero-order chi connectivity index (χ0) is 23.4. The van der Waals surface area contributed by atoms with E-state index in [-0.39, 0.29) is 5.56 Å². The third kappa shape index (κ3) is 5.53. The van der Waals surface area contributed by atoms with Crippen LogP contribution in [-0.2, 0) is 13.0 Å². The molecule has 3 aromatic carbocycles. The Morgan fingerprint density at radius 3 is 2.36 bits per heavy atom. The second-order valence-corrected chi connectivity index (χ2v) is 8.49. The van der Waals surface area contributed by atoms with Crippen molar-refractivity contribution >= 4 is 51.5 Å². The molecular formula is C25H22Cl2N4O2. The fraction of sp³-hybridized carbons (Fsp3) is 0.160. The molecule has 0 bridgehead atoms. The molecule has 0 aliphatic heterocycles. The monoisotopic (exact) mass is 480 g/mol. The molecule has 0 aliphatic carbocycles. The zero-order valence-electron chi connectivity index (χ0n) is 17.9. The van der Waals surface area contributed by atoms with Gasteiger partial charge < -0.3 is 10.6 Å². The zero-order valence-corrected chi connectivity index (χ0v) is 19.5. The number of rotatable bonds is 6. The fourth-order valence-electron chi connectivity index (χ4n) is 3.55. The second kappa shape index (κ2) is 10.1. The largest absolute Gasteiger partial charge is 0.323 e. The van der Waals surface area contributed by atoms with Crippen molar-refractivity contribution in [3.63, 3.8) is 0 Å². The standard InChI is InChI=1S/C25H22Cl2N4O2/c1-2-4-23-30-22-12-11-20(29-25(33)28-19-6-3-5-18(27)13-19)14-21(22)24(32)31(23)15-16-7-9-17(26)10-8-16/h3,5-14H,2,4,15H2,1H3,(H2,28,29,33). The fourth-order valence-corrected chi connectivity index (χ4v) is 3.87. The molecular weight excluding hydrogens is 459 g/mol. The minimum atomic E-state index is -0.436. The summed E-state index contributed by atoms with van der Waals surface area (Å²) in [6.45, 7) is 2.44. The van der Waals surface area contributed by atoms with E-state index in [1.165, 1.54) is 0 Å². The van der Waals surface area contributed by atoms with Gasteiger partial charge in [-0.2, -0.15) is 0 Å². The van der Waals surface area contributed by atoms with Crippen LogP contribution in [0, 0.1) is 0 Å². The Bertz CT molecular complexity index is 1370. The third-order valence-corrected chi connectivity index (χ3v) is 5.59. The highest BCUT2D eigenvalue weighted by atomic mass is 35.5. The summed E-state index contributed by atoms with van der Waals surface area (Å²) in [5, 5.41) is 7.08. The van der Waals surface area contributed by atoms with Gasteiger partial charge in [-0.1, -0.05) is 48.3 Å². The quantitative estimate of drug-likeness (QED) is 0.337. The first kappa shape index (κ1) is 22.8. The molecule has 8 heteroatoms. The molecule has 0 radical (unpaired) electrons. The Morgan fingerprint density at radius 1 is 0.939 bits per heavy atom. The van der Waals surface area contributed by atoms with Crippen molar-refractivity contribution < 1.29 is 4.79 Å². The number of hydrogen-bond donors (Lipinski definition) is 2. The maximum Gasteiger partial charge on any atom is 0.323 e. The van der Waals surface area contributed by atoms with Crippen molar-refractivity contribution in [3.05, 3.63) is 98.5 Å². The first-order chi connectivity index (χ1) is 15.9. The van der Waals surface area contributed by atoms with Gasteiger partial charge in [0.05, 0.1) is 17.4 Å². The number of aryl methyl sites for hydroxylation is 1. The van der Waals surface area contributed by atoms with Crippen LogP contribution in [0.1, 0.15) is 24.7 Å². The summed E-state index contributed by atoms with van der Waals surface area (Å²) in [6.07, 6.45) is 1.54. The van der Waals surface area contributed by atoms with Crippen molar-refractivity contribution in [2.45, 2.75) is 26.3 Å². The minimum absolute atomic E-state index is 0.155. The van der Waals surface area contributed by atoms with E-state index in [0.717, 1.165) is 17.8 Å². The molecule has 4 rings (SSSR count). The Hall–Kier alpha value is -3.35. The van der Waals surface area contributed by atoms with Gasteiger partial charge in [-0.05, 0) is 60.5 Å². The second-order valence-electron chi connectivity index (χ2n) is 7.62. The number of nitrogens with zero attached hydrogens (tertiary/aromatic N) is 2. The van der Waals surface area contributed by atoms with Crippen LogP contribution in [-0.4, -0.2) is 15.6 Å². The summed E-state index contributed by atoms with van der Waals surface area (Å²) in [5.74, 6) is 0.726. The van der Waals surface area contributed by atoms with Gasteiger partial charge in [-0.3, -0.25) is 9.36 Å². The van der Waals surface area contributed by atoms with Crippen LogP contribution >= 0.6 is 23.2 Å². The highest BCUT2D eigenvalue weighted by Gasteiger charge is 2.13. The van der Waals surface area contributed by atoms with Gasteiger partial charge in [0.25, 0.3) is 5.56 Å². The number of halogens is 2. The lowest BCUT2D eigenvalue weighted by atomic mass is 10.1. The summed E-state index contributed by atoms with van der Waals surface area (Å²) in [6, 6.07) is 18.9. The summed E-state index contributed by atoms with van der Waals surface area (Å²) in [4.78, 5) is 30.6. The van der Waals surface area contributed by atoms with Crippen LogP contribution in [0.15, 0.2) is 71.5 Å². The molecule has 0 spiro atoms. The molecule has 2 N–H and O–H groups in total. The molecule has 168 valence electrons. The van der Waals surface area contributed by atoms with Gasteiger partial charge in [0, 0.05) is 27.8 Å². The predicted molar refractivity (Wildman–Crippen MR) is 135 cm³/mol. The SMILES string of the molecule is CCCc1nc2ccc(NC(=O)Nc3cccc(Cl)c3)cc2c(=O)n1Cc1ccc(Cl)cc1. The van der Waals surface area contributed by atoms with Crippen molar-refractivity contribution in [3.8, 4) is 0 Å². The number of carbonyl (C=O) groups excluding carboxylic acids is 1. The molecule has 33 heavy (non-hydrogen) atoms. The first-order valence-electron chi connectivity index (χ1n) is 10.5. The normalized spacial score (nSPS) is 10.9. The lowest BCUT2D eigenvalue weighted by Crippen LogP contribution is -2.26. The predicted octanol–water partition coefficient (Wildman–Crippen LogP) is 6.35. The Labute approximate surface area is 201 Å². The number of nitrogens with one attached hydrogen (secondary N) is 2. The van der Waals surface area contributed by atoms with Crippen molar-refractivity contribution in [1.82, 2.24) is 9.55 Å². The lowest BCUT2D eigenvalue weighted by Gasteiger charge is -2.14.